The normalized spacial score (nSPS) is 22.2. The van der Waals surface area contributed by atoms with Gasteiger partial charge in [-0.05, 0) is 61.3 Å². The summed E-state index contributed by atoms with van der Waals surface area (Å²) in [6, 6.07) is 5.41. The van der Waals surface area contributed by atoms with Crippen LogP contribution in [0.3, 0.4) is 0 Å². The Balaban J connectivity index is 1.34. The van der Waals surface area contributed by atoms with Crippen molar-refractivity contribution in [2.24, 2.45) is 5.92 Å². The van der Waals surface area contributed by atoms with Gasteiger partial charge in [-0.2, -0.15) is 5.26 Å². The Bertz CT molecular complexity index is 1320. The van der Waals surface area contributed by atoms with Crippen molar-refractivity contribution in [2.45, 2.75) is 57.3 Å². The number of urea groups is 1. The first-order chi connectivity index (χ1) is 18.9. The quantitative estimate of drug-likeness (QED) is 0.512. The number of ether oxygens (including phenoxy) is 2. The van der Waals surface area contributed by atoms with Gasteiger partial charge >= 0.3 is 6.03 Å². The molecule has 1 saturated carbocycles. The van der Waals surface area contributed by atoms with Gasteiger partial charge < -0.3 is 14.4 Å². The highest BCUT2D eigenvalue weighted by molar-refractivity contribution is 6.01. The number of carbonyl (C=O) groups excluding carboxylic acids is 3. The molecule has 3 amide bonds. The Morgan fingerprint density at radius 1 is 1.21 bits per heavy atom. The molecule has 4 heterocycles. The van der Waals surface area contributed by atoms with Gasteiger partial charge in [0.1, 0.15) is 29.5 Å². The van der Waals surface area contributed by atoms with Gasteiger partial charge in [-0.1, -0.05) is 0 Å². The lowest BCUT2D eigenvalue weighted by Crippen LogP contribution is -2.40. The highest BCUT2D eigenvalue weighted by Gasteiger charge is 2.34. The minimum absolute atomic E-state index is 0.0996. The van der Waals surface area contributed by atoms with Crippen LogP contribution in [0.5, 0.6) is 0 Å². The van der Waals surface area contributed by atoms with Crippen molar-refractivity contribution in [1.29, 1.82) is 5.26 Å². The van der Waals surface area contributed by atoms with Crippen LogP contribution in [0.2, 0.25) is 0 Å². The molecule has 0 aromatic carbocycles. The summed E-state index contributed by atoms with van der Waals surface area (Å²) in [5, 5.41) is 12.4. The molecule has 0 unspecified atom stereocenters. The number of hydrogen-bond donors (Lipinski definition) is 1. The topological polar surface area (TPSA) is 138 Å². The monoisotopic (exact) mass is 532 g/mol. The Morgan fingerprint density at radius 2 is 2.05 bits per heavy atom. The number of aldehydes is 1. The second-order valence-electron chi connectivity index (χ2n) is 10.2. The summed E-state index contributed by atoms with van der Waals surface area (Å²) < 4.78 is 10.7. The third-order valence-corrected chi connectivity index (χ3v) is 8.00. The number of anilines is 2. The number of hydrogen-bond acceptors (Lipinski definition) is 8. The van der Waals surface area contributed by atoms with Gasteiger partial charge in [-0.25, -0.2) is 14.8 Å². The first-order valence-corrected chi connectivity index (χ1v) is 13.3. The number of nitriles is 1. The summed E-state index contributed by atoms with van der Waals surface area (Å²) in [6.07, 6.45) is 6.62. The molecule has 39 heavy (non-hydrogen) atoms. The van der Waals surface area contributed by atoms with E-state index in [0.717, 1.165) is 30.4 Å². The number of aromatic nitrogens is 2. The number of rotatable bonds is 8. The van der Waals surface area contributed by atoms with Crippen molar-refractivity contribution in [3.8, 4) is 6.07 Å². The molecule has 2 aliphatic heterocycles. The predicted octanol–water partition coefficient (Wildman–Crippen LogP) is 2.86. The Morgan fingerprint density at radius 3 is 2.72 bits per heavy atom. The molecule has 2 aromatic rings. The summed E-state index contributed by atoms with van der Waals surface area (Å²) in [5.41, 5.74) is 3.01. The summed E-state index contributed by atoms with van der Waals surface area (Å²) in [4.78, 5) is 49.9. The van der Waals surface area contributed by atoms with E-state index in [1.54, 1.807) is 18.1 Å². The Labute approximate surface area is 227 Å². The zero-order valence-electron chi connectivity index (χ0n) is 22.2. The molecule has 0 radical (unpaired) electrons. The molecular formula is C28H32N6O5. The Hall–Kier alpha value is -3.88. The molecule has 1 saturated heterocycles. The number of likely N-dealkylation sites (tertiary alicyclic amines) is 1. The van der Waals surface area contributed by atoms with Crippen LogP contribution in [0.1, 0.15) is 58.4 Å². The fourth-order valence-electron chi connectivity index (χ4n) is 5.65. The second kappa shape index (κ2) is 11.5. The Kier molecular flexibility index (Phi) is 7.86. The zero-order valence-corrected chi connectivity index (χ0v) is 22.2. The van der Waals surface area contributed by atoms with Crippen LogP contribution >= 0.6 is 0 Å². The van der Waals surface area contributed by atoms with E-state index < -0.39 is 12.1 Å². The molecule has 11 heteroatoms. The first kappa shape index (κ1) is 26.7. The van der Waals surface area contributed by atoms with Gasteiger partial charge in [-0.15, -0.1) is 0 Å². The van der Waals surface area contributed by atoms with E-state index in [1.165, 1.54) is 18.2 Å². The lowest BCUT2D eigenvalue weighted by Gasteiger charge is -2.35. The van der Waals surface area contributed by atoms with E-state index in [1.807, 2.05) is 6.07 Å². The van der Waals surface area contributed by atoms with Crippen molar-refractivity contribution in [1.82, 2.24) is 14.9 Å². The number of amides is 3. The molecule has 1 N–H and O–H groups in total. The lowest BCUT2D eigenvalue weighted by molar-refractivity contribution is -0.136. The van der Waals surface area contributed by atoms with E-state index in [4.69, 9.17) is 9.47 Å². The molecule has 2 aromatic heterocycles. The first-order valence-electron chi connectivity index (χ1n) is 13.3. The van der Waals surface area contributed by atoms with Crippen LogP contribution in [-0.2, 0) is 33.7 Å². The molecule has 1 aliphatic carbocycles. The van der Waals surface area contributed by atoms with Gasteiger partial charge in [0.2, 0.25) is 0 Å². The SMILES string of the molecule is CO[C@@H]1CCN(Cc2cc3c(nc2C=O)N(C(=O)Nc2cc(C[C@H]4CC[C@H]4OC)c(C#N)cn2)CCC3)C1=O. The number of pyridine rings is 2. The maximum absolute atomic E-state index is 13.4. The van der Waals surface area contributed by atoms with E-state index >= 15 is 0 Å². The third-order valence-electron chi connectivity index (χ3n) is 8.00. The molecule has 3 atom stereocenters. The summed E-state index contributed by atoms with van der Waals surface area (Å²) in [7, 11) is 3.22. The fraction of sp³-hybridized carbons (Fsp3) is 0.500. The van der Waals surface area contributed by atoms with E-state index in [0.29, 0.717) is 67.3 Å². The predicted molar refractivity (Wildman–Crippen MR) is 141 cm³/mol. The van der Waals surface area contributed by atoms with Crippen molar-refractivity contribution in [2.75, 3.05) is 37.5 Å². The molecule has 2 fully saturated rings. The van der Waals surface area contributed by atoms with Crippen LogP contribution in [0.15, 0.2) is 18.3 Å². The number of nitrogens with one attached hydrogen (secondary N) is 1. The molecule has 11 nitrogen and oxygen atoms in total. The molecular weight excluding hydrogens is 500 g/mol. The third kappa shape index (κ3) is 5.35. The standard InChI is InChI=1S/C28H32N6O5/c1-38-23-6-5-17(23)10-19-12-25(30-14-21(19)13-29)32-28(37)34-8-3-4-18-11-20(22(16-35)31-26(18)34)15-33-9-7-24(39-2)27(33)36/h11-12,14,16-17,23-24H,3-10,15H2,1-2H3,(H,30,32,37)/t17-,23-,24-/m1/s1. The van der Waals surface area contributed by atoms with Crippen molar-refractivity contribution < 1.29 is 23.9 Å². The zero-order chi connectivity index (χ0) is 27.5. The van der Waals surface area contributed by atoms with Crippen molar-refractivity contribution in [3.05, 3.63) is 46.3 Å². The van der Waals surface area contributed by atoms with E-state index in [9.17, 15) is 19.6 Å². The fourth-order valence-corrected chi connectivity index (χ4v) is 5.65. The summed E-state index contributed by atoms with van der Waals surface area (Å²) in [5.74, 6) is 1.01. The average molecular weight is 533 g/mol. The number of fused-ring (bicyclic) bond motifs is 1. The number of methoxy groups -OCH3 is 2. The maximum atomic E-state index is 13.4. The van der Waals surface area contributed by atoms with Gasteiger partial charge in [-0.3, -0.25) is 19.8 Å². The van der Waals surface area contributed by atoms with Gasteiger partial charge in [0.15, 0.2) is 6.29 Å². The summed E-state index contributed by atoms with van der Waals surface area (Å²) >= 11 is 0. The van der Waals surface area contributed by atoms with Crippen molar-refractivity contribution in [3.63, 3.8) is 0 Å². The number of carbonyl (C=O) groups is 3. The second-order valence-corrected chi connectivity index (χ2v) is 10.2. The van der Waals surface area contributed by atoms with Crippen LogP contribution in [0, 0.1) is 17.2 Å². The lowest BCUT2D eigenvalue weighted by atomic mass is 9.77. The van der Waals surface area contributed by atoms with E-state index in [2.05, 4.69) is 21.4 Å². The molecule has 5 rings (SSSR count). The van der Waals surface area contributed by atoms with Gasteiger partial charge in [0.25, 0.3) is 5.91 Å². The largest absolute Gasteiger partial charge is 0.381 e. The number of nitrogens with zero attached hydrogens (tertiary/aromatic N) is 5. The van der Waals surface area contributed by atoms with Gasteiger partial charge in [0.05, 0.1) is 11.7 Å². The van der Waals surface area contributed by atoms with E-state index in [-0.39, 0.29) is 24.2 Å². The minimum Gasteiger partial charge on any atom is -0.381 e. The van der Waals surface area contributed by atoms with Crippen LogP contribution in [0.4, 0.5) is 16.4 Å². The van der Waals surface area contributed by atoms with Crippen LogP contribution in [-0.4, -0.2) is 72.6 Å². The average Bonchev–Trinajstić information content (AvgIpc) is 3.29. The van der Waals surface area contributed by atoms with Crippen LogP contribution in [0.25, 0.3) is 0 Å². The minimum atomic E-state index is -0.457. The highest BCUT2D eigenvalue weighted by atomic mass is 16.5. The summed E-state index contributed by atoms with van der Waals surface area (Å²) in [6.45, 7) is 1.25. The maximum Gasteiger partial charge on any atom is 0.328 e. The molecule has 3 aliphatic rings. The molecule has 204 valence electrons. The number of aryl methyl sites for hydroxylation is 1. The molecule has 0 bridgehead atoms. The highest BCUT2D eigenvalue weighted by Crippen LogP contribution is 2.34. The van der Waals surface area contributed by atoms with Crippen molar-refractivity contribution >= 4 is 29.9 Å². The smallest absolute Gasteiger partial charge is 0.328 e. The van der Waals surface area contributed by atoms with Gasteiger partial charge in [0, 0.05) is 52.0 Å². The van der Waals surface area contributed by atoms with Crippen LogP contribution < -0.4 is 10.2 Å². The molecule has 0 spiro atoms.